The lowest BCUT2D eigenvalue weighted by Crippen LogP contribution is -2.52. The third kappa shape index (κ3) is 3.28. The Hall–Kier alpha value is -1.36. The topological polar surface area (TPSA) is 49.4 Å². The van der Waals surface area contributed by atoms with Crippen molar-refractivity contribution in [3.05, 3.63) is 22.4 Å². The molecule has 1 aromatic rings. The SMILES string of the molecule is C[C@@H](NC(=O)C1(c2cccs2)CCCCC1)C(=O)N(C)C. The van der Waals surface area contributed by atoms with E-state index < -0.39 is 11.5 Å². The first-order chi connectivity index (χ1) is 9.97. The van der Waals surface area contributed by atoms with Crippen LogP contribution in [0.1, 0.15) is 43.9 Å². The molecule has 1 fully saturated rings. The maximum absolute atomic E-state index is 12.9. The summed E-state index contributed by atoms with van der Waals surface area (Å²) < 4.78 is 0. The lowest BCUT2D eigenvalue weighted by molar-refractivity contribution is -0.136. The van der Waals surface area contributed by atoms with E-state index >= 15 is 0 Å². The number of rotatable bonds is 4. The molecule has 1 aliphatic carbocycles. The standard InChI is InChI=1S/C16H24N2O2S/c1-12(14(19)18(2)3)17-15(20)16(9-5-4-6-10-16)13-8-7-11-21-13/h7-8,11-12H,4-6,9-10H2,1-3H3,(H,17,20)/t12-/m1/s1. The number of carbonyl (C=O) groups excluding carboxylic acids is 2. The number of hydrogen-bond acceptors (Lipinski definition) is 3. The highest BCUT2D eigenvalue weighted by molar-refractivity contribution is 7.10. The van der Waals surface area contributed by atoms with Gasteiger partial charge in [-0.1, -0.05) is 25.3 Å². The summed E-state index contributed by atoms with van der Waals surface area (Å²) in [5, 5.41) is 4.96. The van der Waals surface area contributed by atoms with E-state index in [0.29, 0.717) is 0 Å². The van der Waals surface area contributed by atoms with Gasteiger partial charge in [0.25, 0.3) is 0 Å². The molecule has 0 spiro atoms. The Morgan fingerprint density at radius 2 is 1.95 bits per heavy atom. The average Bonchev–Trinajstić information content (AvgIpc) is 3.01. The lowest BCUT2D eigenvalue weighted by Gasteiger charge is -2.36. The zero-order valence-electron chi connectivity index (χ0n) is 13.0. The molecular formula is C16H24N2O2S. The van der Waals surface area contributed by atoms with Gasteiger partial charge in [-0.3, -0.25) is 9.59 Å². The van der Waals surface area contributed by atoms with Crippen LogP contribution in [0.15, 0.2) is 17.5 Å². The molecular weight excluding hydrogens is 284 g/mol. The second kappa shape index (κ2) is 6.60. The van der Waals surface area contributed by atoms with Crippen LogP contribution in [0.4, 0.5) is 0 Å². The van der Waals surface area contributed by atoms with Crippen LogP contribution in [-0.2, 0) is 15.0 Å². The summed E-state index contributed by atoms with van der Waals surface area (Å²) in [4.78, 5) is 27.5. The van der Waals surface area contributed by atoms with Crippen LogP contribution < -0.4 is 5.32 Å². The van der Waals surface area contributed by atoms with Gasteiger partial charge >= 0.3 is 0 Å². The monoisotopic (exact) mass is 308 g/mol. The minimum atomic E-state index is -0.480. The van der Waals surface area contributed by atoms with Crippen molar-refractivity contribution in [3.63, 3.8) is 0 Å². The minimum absolute atomic E-state index is 0.00681. The van der Waals surface area contributed by atoms with E-state index in [2.05, 4.69) is 5.32 Å². The molecule has 1 N–H and O–H groups in total. The third-order valence-electron chi connectivity index (χ3n) is 4.29. The fourth-order valence-corrected chi connectivity index (χ4v) is 4.06. The van der Waals surface area contributed by atoms with Gasteiger partial charge in [0.15, 0.2) is 0 Å². The second-order valence-corrected chi connectivity index (χ2v) is 7.00. The fraction of sp³-hybridized carbons (Fsp3) is 0.625. The van der Waals surface area contributed by atoms with Gasteiger partial charge in [-0.25, -0.2) is 0 Å². The number of amides is 2. The molecule has 1 aliphatic rings. The van der Waals surface area contributed by atoms with Crippen molar-refractivity contribution in [2.24, 2.45) is 0 Å². The Labute approximate surface area is 130 Å². The fourth-order valence-electron chi connectivity index (χ4n) is 3.08. The van der Waals surface area contributed by atoms with Gasteiger partial charge in [-0.05, 0) is 31.2 Å². The molecule has 0 radical (unpaired) electrons. The molecule has 0 aliphatic heterocycles. The number of hydrogen-bond donors (Lipinski definition) is 1. The molecule has 0 unspecified atom stereocenters. The van der Waals surface area contributed by atoms with E-state index in [1.807, 2.05) is 17.5 Å². The molecule has 5 heteroatoms. The summed E-state index contributed by atoms with van der Waals surface area (Å²) in [5.41, 5.74) is -0.437. The second-order valence-electron chi connectivity index (χ2n) is 6.05. The lowest BCUT2D eigenvalue weighted by atomic mass is 9.72. The molecule has 1 heterocycles. The molecule has 21 heavy (non-hydrogen) atoms. The van der Waals surface area contributed by atoms with Crippen LogP contribution in [0, 0.1) is 0 Å². The van der Waals surface area contributed by atoms with Crippen LogP contribution in [0.3, 0.4) is 0 Å². The van der Waals surface area contributed by atoms with E-state index in [4.69, 9.17) is 0 Å². The molecule has 1 atom stereocenters. The smallest absolute Gasteiger partial charge is 0.244 e. The predicted molar refractivity (Wildman–Crippen MR) is 85.4 cm³/mol. The largest absolute Gasteiger partial charge is 0.347 e. The Morgan fingerprint density at radius 3 is 2.48 bits per heavy atom. The molecule has 0 aromatic carbocycles. The zero-order chi connectivity index (χ0) is 15.5. The quantitative estimate of drug-likeness (QED) is 0.929. The number of nitrogens with zero attached hydrogens (tertiary/aromatic N) is 1. The van der Waals surface area contributed by atoms with Gasteiger partial charge < -0.3 is 10.2 Å². The van der Waals surface area contributed by atoms with E-state index in [9.17, 15) is 9.59 Å². The number of thiophene rings is 1. The summed E-state index contributed by atoms with van der Waals surface area (Å²) in [7, 11) is 3.42. The molecule has 1 saturated carbocycles. The van der Waals surface area contributed by atoms with Crippen LogP contribution >= 0.6 is 11.3 Å². The zero-order valence-corrected chi connectivity index (χ0v) is 13.8. The van der Waals surface area contributed by atoms with E-state index in [-0.39, 0.29) is 11.8 Å². The molecule has 4 nitrogen and oxygen atoms in total. The molecule has 2 rings (SSSR count). The predicted octanol–water partition coefficient (Wildman–Crippen LogP) is 2.54. The molecule has 0 bridgehead atoms. The summed E-state index contributed by atoms with van der Waals surface area (Å²) in [6.07, 6.45) is 5.08. The first-order valence-electron chi connectivity index (χ1n) is 7.53. The van der Waals surface area contributed by atoms with Crippen LogP contribution in [0.2, 0.25) is 0 Å². The van der Waals surface area contributed by atoms with Crippen molar-refractivity contribution in [2.75, 3.05) is 14.1 Å². The summed E-state index contributed by atoms with van der Waals surface area (Å²) in [6.45, 7) is 1.76. The van der Waals surface area contributed by atoms with Crippen molar-refractivity contribution >= 4 is 23.2 Å². The van der Waals surface area contributed by atoms with E-state index in [0.717, 1.165) is 30.6 Å². The Balaban J connectivity index is 2.18. The minimum Gasteiger partial charge on any atom is -0.347 e. The summed E-state index contributed by atoms with van der Waals surface area (Å²) >= 11 is 1.64. The molecule has 116 valence electrons. The number of nitrogens with one attached hydrogen (secondary N) is 1. The van der Waals surface area contributed by atoms with Crippen molar-refractivity contribution in [3.8, 4) is 0 Å². The van der Waals surface area contributed by atoms with Crippen molar-refractivity contribution < 1.29 is 9.59 Å². The van der Waals surface area contributed by atoms with Crippen LogP contribution in [0.5, 0.6) is 0 Å². The van der Waals surface area contributed by atoms with Gasteiger partial charge in [0, 0.05) is 19.0 Å². The van der Waals surface area contributed by atoms with E-state index in [1.165, 1.54) is 11.3 Å². The highest BCUT2D eigenvalue weighted by Gasteiger charge is 2.42. The Bertz CT molecular complexity index is 490. The maximum Gasteiger partial charge on any atom is 0.244 e. The van der Waals surface area contributed by atoms with Gasteiger partial charge in [-0.15, -0.1) is 11.3 Å². The summed E-state index contributed by atoms with van der Waals surface area (Å²) in [6, 6.07) is 3.57. The van der Waals surface area contributed by atoms with E-state index in [1.54, 1.807) is 32.4 Å². The first-order valence-corrected chi connectivity index (χ1v) is 8.41. The molecule has 0 saturated heterocycles. The van der Waals surface area contributed by atoms with Gasteiger partial charge in [0.2, 0.25) is 11.8 Å². The number of likely N-dealkylation sites (N-methyl/N-ethyl adjacent to an activating group) is 1. The third-order valence-corrected chi connectivity index (χ3v) is 5.37. The van der Waals surface area contributed by atoms with Crippen molar-refractivity contribution in [1.29, 1.82) is 0 Å². The van der Waals surface area contributed by atoms with Crippen molar-refractivity contribution in [2.45, 2.75) is 50.5 Å². The van der Waals surface area contributed by atoms with Crippen LogP contribution in [0.25, 0.3) is 0 Å². The first kappa shape index (κ1) is 16.0. The van der Waals surface area contributed by atoms with Gasteiger partial charge in [0.1, 0.15) is 6.04 Å². The van der Waals surface area contributed by atoms with Gasteiger partial charge in [-0.2, -0.15) is 0 Å². The van der Waals surface area contributed by atoms with Crippen LogP contribution in [-0.4, -0.2) is 36.9 Å². The normalized spacial score (nSPS) is 18.8. The highest BCUT2D eigenvalue weighted by Crippen LogP contribution is 2.41. The average molecular weight is 308 g/mol. The summed E-state index contributed by atoms with van der Waals surface area (Å²) in [5.74, 6) is -0.0622. The maximum atomic E-state index is 12.9. The number of carbonyl (C=O) groups is 2. The molecule has 2 amide bonds. The molecule has 1 aromatic heterocycles. The highest BCUT2D eigenvalue weighted by atomic mass is 32.1. The Kier molecular flexibility index (Phi) is 5.04. The van der Waals surface area contributed by atoms with Crippen molar-refractivity contribution in [1.82, 2.24) is 10.2 Å². The Morgan fingerprint density at radius 1 is 1.29 bits per heavy atom. The van der Waals surface area contributed by atoms with Gasteiger partial charge in [0.05, 0.1) is 5.41 Å².